The normalized spacial score (nSPS) is 16.8. The van der Waals surface area contributed by atoms with Crippen molar-refractivity contribution < 1.29 is 9.13 Å². The highest BCUT2D eigenvalue weighted by molar-refractivity contribution is 5.25. The molecule has 3 nitrogen and oxygen atoms in total. The number of ether oxygens (including phenoxy) is 1. The first-order valence-electron chi connectivity index (χ1n) is 7.37. The molecule has 0 bridgehead atoms. The van der Waals surface area contributed by atoms with E-state index in [-0.39, 0.29) is 5.82 Å². The fraction of sp³-hybridized carbons (Fsp3) is 0.625. The summed E-state index contributed by atoms with van der Waals surface area (Å²) in [4.78, 5) is 2.22. The molecule has 0 spiro atoms. The Labute approximate surface area is 121 Å². The molecule has 1 fully saturated rings. The van der Waals surface area contributed by atoms with Gasteiger partial charge in [0.1, 0.15) is 5.82 Å². The predicted molar refractivity (Wildman–Crippen MR) is 79.0 cm³/mol. The van der Waals surface area contributed by atoms with Crippen LogP contribution < -0.4 is 5.32 Å². The van der Waals surface area contributed by atoms with Crippen molar-refractivity contribution in [3.05, 3.63) is 35.1 Å². The number of hydrogen-bond acceptors (Lipinski definition) is 3. The van der Waals surface area contributed by atoms with Crippen LogP contribution in [0.2, 0.25) is 0 Å². The van der Waals surface area contributed by atoms with E-state index in [1.807, 2.05) is 19.2 Å². The minimum Gasteiger partial charge on any atom is -0.381 e. The van der Waals surface area contributed by atoms with Gasteiger partial charge in [-0.25, -0.2) is 4.39 Å². The second kappa shape index (κ2) is 7.72. The molecular weight excluding hydrogens is 255 g/mol. The van der Waals surface area contributed by atoms with Gasteiger partial charge in [0.15, 0.2) is 0 Å². The summed E-state index contributed by atoms with van der Waals surface area (Å²) in [7, 11) is 3.97. The van der Waals surface area contributed by atoms with Crippen LogP contribution in [0.1, 0.15) is 24.0 Å². The summed E-state index contributed by atoms with van der Waals surface area (Å²) in [6.07, 6.45) is 2.24. The van der Waals surface area contributed by atoms with Crippen molar-refractivity contribution in [2.75, 3.05) is 33.9 Å². The first-order chi connectivity index (χ1) is 9.69. The van der Waals surface area contributed by atoms with Crippen molar-refractivity contribution in [2.45, 2.75) is 25.9 Å². The van der Waals surface area contributed by atoms with Crippen LogP contribution in [-0.2, 0) is 17.8 Å². The number of halogens is 1. The summed E-state index contributed by atoms with van der Waals surface area (Å²) in [5.74, 6) is 0.570. The van der Waals surface area contributed by atoms with E-state index < -0.39 is 0 Å². The summed E-state index contributed by atoms with van der Waals surface area (Å²) < 4.78 is 19.3. The summed E-state index contributed by atoms with van der Waals surface area (Å²) in [6.45, 7) is 4.19. The molecule has 1 heterocycles. The van der Waals surface area contributed by atoms with E-state index in [1.165, 1.54) is 0 Å². The average Bonchev–Trinajstić information content (AvgIpc) is 2.44. The Balaban J connectivity index is 1.92. The number of hydrogen-bond donors (Lipinski definition) is 1. The Morgan fingerprint density at radius 1 is 1.35 bits per heavy atom. The van der Waals surface area contributed by atoms with E-state index in [0.717, 1.165) is 50.3 Å². The number of benzene rings is 1. The SMILES string of the molecule is CNCc1ccc(F)c(CN(C)CC2CCOCC2)c1. The molecule has 1 N–H and O–H groups in total. The van der Waals surface area contributed by atoms with E-state index in [1.54, 1.807) is 6.07 Å². The lowest BCUT2D eigenvalue weighted by Crippen LogP contribution is -2.29. The van der Waals surface area contributed by atoms with Crippen LogP contribution in [0, 0.1) is 11.7 Å². The molecule has 0 radical (unpaired) electrons. The molecule has 0 atom stereocenters. The van der Waals surface area contributed by atoms with Crippen LogP contribution in [-0.4, -0.2) is 38.8 Å². The highest BCUT2D eigenvalue weighted by Gasteiger charge is 2.16. The minimum absolute atomic E-state index is 0.108. The summed E-state index contributed by atoms with van der Waals surface area (Å²) in [5, 5.41) is 3.10. The zero-order chi connectivity index (χ0) is 14.4. The average molecular weight is 280 g/mol. The standard InChI is InChI=1S/C16H25FN2O/c1-18-10-14-3-4-16(17)15(9-14)12-19(2)11-13-5-7-20-8-6-13/h3-4,9,13,18H,5-8,10-12H2,1-2H3. The first kappa shape index (κ1) is 15.4. The van der Waals surface area contributed by atoms with Crippen LogP contribution in [0.5, 0.6) is 0 Å². The molecule has 1 saturated heterocycles. The van der Waals surface area contributed by atoms with Crippen molar-refractivity contribution in [1.82, 2.24) is 10.2 Å². The van der Waals surface area contributed by atoms with E-state index >= 15 is 0 Å². The number of rotatable bonds is 6. The summed E-state index contributed by atoms with van der Waals surface area (Å²) in [6, 6.07) is 5.38. The molecule has 1 aliphatic rings. The molecular formula is C16H25FN2O. The Kier molecular flexibility index (Phi) is 5.95. The molecule has 112 valence electrons. The van der Waals surface area contributed by atoms with Crippen LogP contribution in [0.3, 0.4) is 0 Å². The van der Waals surface area contributed by atoms with Crippen molar-refractivity contribution in [1.29, 1.82) is 0 Å². The van der Waals surface area contributed by atoms with E-state index in [2.05, 4.69) is 17.3 Å². The van der Waals surface area contributed by atoms with Crippen molar-refractivity contribution in [3.8, 4) is 0 Å². The van der Waals surface area contributed by atoms with Gasteiger partial charge in [0.25, 0.3) is 0 Å². The largest absolute Gasteiger partial charge is 0.381 e. The van der Waals surface area contributed by atoms with Gasteiger partial charge in [0.05, 0.1) is 0 Å². The Bertz CT molecular complexity index is 419. The van der Waals surface area contributed by atoms with Crippen LogP contribution in [0.15, 0.2) is 18.2 Å². The second-order valence-electron chi connectivity index (χ2n) is 5.71. The summed E-state index contributed by atoms with van der Waals surface area (Å²) >= 11 is 0. The molecule has 0 aromatic heterocycles. The lowest BCUT2D eigenvalue weighted by Gasteiger charge is -2.27. The van der Waals surface area contributed by atoms with E-state index in [9.17, 15) is 4.39 Å². The molecule has 20 heavy (non-hydrogen) atoms. The van der Waals surface area contributed by atoms with Gasteiger partial charge in [-0.3, -0.25) is 0 Å². The predicted octanol–water partition coefficient (Wildman–Crippen LogP) is 2.40. The third kappa shape index (κ3) is 4.54. The highest BCUT2D eigenvalue weighted by Crippen LogP contribution is 2.18. The van der Waals surface area contributed by atoms with Gasteiger partial charge < -0.3 is 15.0 Å². The zero-order valence-corrected chi connectivity index (χ0v) is 12.5. The molecule has 1 aromatic carbocycles. The molecule has 0 amide bonds. The summed E-state index contributed by atoms with van der Waals surface area (Å²) in [5.41, 5.74) is 1.91. The zero-order valence-electron chi connectivity index (χ0n) is 12.5. The maximum Gasteiger partial charge on any atom is 0.127 e. The number of nitrogens with zero attached hydrogens (tertiary/aromatic N) is 1. The Morgan fingerprint density at radius 3 is 2.80 bits per heavy atom. The third-order valence-corrected chi connectivity index (χ3v) is 3.84. The Hall–Kier alpha value is -0.970. The molecule has 1 aromatic rings. The minimum atomic E-state index is -0.108. The van der Waals surface area contributed by atoms with Gasteiger partial charge >= 0.3 is 0 Å². The van der Waals surface area contributed by atoms with Crippen molar-refractivity contribution in [3.63, 3.8) is 0 Å². The highest BCUT2D eigenvalue weighted by atomic mass is 19.1. The third-order valence-electron chi connectivity index (χ3n) is 3.84. The molecule has 2 rings (SSSR count). The Morgan fingerprint density at radius 2 is 2.10 bits per heavy atom. The van der Waals surface area contributed by atoms with Gasteiger partial charge in [0.2, 0.25) is 0 Å². The fourth-order valence-corrected chi connectivity index (χ4v) is 2.79. The van der Waals surface area contributed by atoms with Crippen LogP contribution in [0.4, 0.5) is 4.39 Å². The lowest BCUT2D eigenvalue weighted by atomic mass is 9.99. The van der Waals surface area contributed by atoms with Crippen molar-refractivity contribution >= 4 is 0 Å². The maximum atomic E-state index is 13.9. The van der Waals surface area contributed by atoms with Crippen LogP contribution >= 0.6 is 0 Å². The van der Waals surface area contributed by atoms with Gasteiger partial charge in [0, 0.05) is 38.4 Å². The first-order valence-corrected chi connectivity index (χ1v) is 7.37. The smallest absolute Gasteiger partial charge is 0.127 e. The maximum absolute atomic E-state index is 13.9. The molecule has 4 heteroatoms. The lowest BCUT2D eigenvalue weighted by molar-refractivity contribution is 0.0548. The topological polar surface area (TPSA) is 24.5 Å². The molecule has 0 unspecified atom stereocenters. The van der Waals surface area contributed by atoms with Gasteiger partial charge in [-0.2, -0.15) is 0 Å². The molecule has 1 aliphatic heterocycles. The van der Waals surface area contributed by atoms with Gasteiger partial charge in [-0.1, -0.05) is 12.1 Å². The molecule has 0 aliphatic carbocycles. The van der Waals surface area contributed by atoms with E-state index in [4.69, 9.17) is 4.74 Å². The second-order valence-corrected chi connectivity index (χ2v) is 5.71. The fourth-order valence-electron chi connectivity index (χ4n) is 2.79. The van der Waals surface area contributed by atoms with Crippen LogP contribution in [0.25, 0.3) is 0 Å². The van der Waals surface area contributed by atoms with Gasteiger partial charge in [-0.15, -0.1) is 0 Å². The van der Waals surface area contributed by atoms with E-state index in [0.29, 0.717) is 12.5 Å². The molecule has 0 saturated carbocycles. The number of nitrogens with one attached hydrogen (secondary N) is 1. The quantitative estimate of drug-likeness (QED) is 0.866. The van der Waals surface area contributed by atoms with Gasteiger partial charge in [-0.05, 0) is 44.5 Å². The monoisotopic (exact) mass is 280 g/mol. The van der Waals surface area contributed by atoms with Crippen molar-refractivity contribution in [2.24, 2.45) is 5.92 Å².